The van der Waals surface area contributed by atoms with Crippen LogP contribution in [0.15, 0.2) is 35.1 Å². The third kappa shape index (κ3) is 2.45. The average Bonchev–Trinajstić information content (AvgIpc) is 3.09. The number of nitrogens with one attached hydrogen (secondary N) is 1. The molecule has 3 N–H and O–H groups in total. The van der Waals surface area contributed by atoms with E-state index in [1.807, 2.05) is 0 Å². The van der Waals surface area contributed by atoms with Crippen LogP contribution in [0.1, 0.15) is 5.56 Å². The fourth-order valence-electron chi connectivity index (χ4n) is 1.73. The van der Waals surface area contributed by atoms with Gasteiger partial charge in [-0.3, -0.25) is 0 Å². The minimum atomic E-state index is -4.48. The van der Waals surface area contributed by atoms with Crippen molar-refractivity contribution in [1.29, 1.82) is 0 Å². The molecule has 2 heterocycles. The van der Waals surface area contributed by atoms with Crippen LogP contribution in [0, 0.1) is 0 Å². The van der Waals surface area contributed by atoms with Crippen molar-refractivity contribution in [3.8, 4) is 23.1 Å². The third-order valence-corrected chi connectivity index (χ3v) is 2.75. The molecule has 0 saturated carbocycles. The molecule has 0 aliphatic carbocycles. The Bertz CT molecular complexity index is 764. The number of halogens is 3. The fourth-order valence-corrected chi connectivity index (χ4v) is 1.73. The van der Waals surface area contributed by atoms with Crippen LogP contribution in [0.5, 0.6) is 0 Å². The molecule has 0 unspecified atom stereocenters. The van der Waals surface area contributed by atoms with E-state index in [1.165, 1.54) is 6.20 Å². The van der Waals surface area contributed by atoms with E-state index >= 15 is 0 Å². The number of H-pyrrole nitrogens is 1. The maximum Gasteiger partial charge on any atom is 0.416 e. The van der Waals surface area contributed by atoms with E-state index in [9.17, 15) is 13.2 Å². The summed E-state index contributed by atoms with van der Waals surface area (Å²) in [5, 5.41) is 3.65. The zero-order chi connectivity index (χ0) is 15.0. The average molecular weight is 295 g/mol. The van der Waals surface area contributed by atoms with Gasteiger partial charge in [0.1, 0.15) is 0 Å². The predicted octanol–water partition coefficient (Wildman–Crippen LogP) is 2.73. The highest BCUT2D eigenvalue weighted by molar-refractivity contribution is 5.72. The van der Waals surface area contributed by atoms with E-state index in [0.717, 1.165) is 18.2 Å². The van der Waals surface area contributed by atoms with Gasteiger partial charge in [0.25, 0.3) is 5.89 Å². The number of benzene rings is 1. The van der Waals surface area contributed by atoms with Gasteiger partial charge in [-0.05, 0) is 18.2 Å². The monoisotopic (exact) mass is 295 g/mol. The van der Waals surface area contributed by atoms with Crippen molar-refractivity contribution >= 4 is 5.69 Å². The quantitative estimate of drug-likeness (QED) is 0.709. The molecule has 0 radical (unpaired) electrons. The zero-order valence-electron chi connectivity index (χ0n) is 10.3. The van der Waals surface area contributed by atoms with Gasteiger partial charge >= 0.3 is 6.18 Å². The second-order valence-corrected chi connectivity index (χ2v) is 4.16. The predicted molar refractivity (Wildman–Crippen MR) is 66.7 cm³/mol. The maximum absolute atomic E-state index is 12.7. The topological polar surface area (TPSA) is 93.6 Å². The highest BCUT2D eigenvalue weighted by atomic mass is 19.4. The maximum atomic E-state index is 12.7. The summed E-state index contributed by atoms with van der Waals surface area (Å²) in [7, 11) is 0. The summed E-state index contributed by atoms with van der Waals surface area (Å²) >= 11 is 0. The van der Waals surface area contributed by atoms with Gasteiger partial charge in [0.05, 0.1) is 11.1 Å². The summed E-state index contributed by atoms with van der Waals surface area (Å²) in [4.78, 5) is 10.7. The lowest BCUT2D eigenvalue weighted by Crippen LogP contribution is -2.05. The van der Waals surface area contributed by atoms with E-state index in [2.05, 4.69) is 20.1 Å². The number of nitrogens with zero attached hydrogens (tertiary/aromatic N) is 3. The molecule has 9 heteroatoms. The summed E-state index contributed by atoms with van der Waals surface area (Å²) in [5.74, 6) is 0.368. The second-order valence-electron chi connectivity index (χ2n) is 4.16. The lowest BCUT2D eigenvalue weighted by Gasteiger charge is -2.08. The number of nitrogen functional groups attached to an aromatic ring is 1. The highest BCUT2D eigenvalue weighted by Gasteiger charge is 2.31. The molecule has 0 saturated heterocycles. The summed E-state index contributed by atoms with van der Waals surface area (Å²) in [6, 6.07) is 2.91. The van der Waals surface area contributed by atoms with Crippen LogP contribution < -0.4 is 5.73 Å². The Kier molecular flexibility index (Phi) is 2.89. The van der Waals surface area contributed by atoms with Crippen LogP contribution >= 0.6 is 0 Å². The van der Waals surface area contributed by atoms with Crippen LogP contribution in [-0.4, -0.2) is 20.1 Å². The number of rotatable bonds is 2. The largest absolute Gasteiger partial charge is 0.416 e. The first-order valence-electron chi connectivity index (χ1n) is 5.75. The molecular formula is C12H8F3N5O. The van der Waals surface area contributed by atoms with E-state index in [4.69, 9.17) is 10.3 Å². The molecule has 3 rings (SSSR count). The second kappa shape index (κ2) is 4.62. The Morgan fingerprint density at radius 3 is 2.71 bits per heavy atom. The molecule has 0 spiro atoms. The van der Waals surface area contributed by atoms with Gasteiger partial charge < -0.3 is 15.2 Å². The third-order valence-electron chi connectivity index (χ3n) is 2.75. The molecule has 0 aliphatic rings. The lowest BCUT2D eigenvalue weighted by atomic mass is 10.1. The Balaban J connectivity index is 2.04. The Hall–Kier alpha value is -2.84. The number of nitrogens with two attached hydrogens (primary N) is 1. The lowest BCUT2D eigenvalue weighted by molar-refractivity contribution is -0.137. The number of imidazole rings is 1. The molecule has 3 aromatic rings. The number of hydrogen-bond donors (Lipinski definition) is 2. The molecule has 6 nitrogen and oxygen atoms in total. The number of aromatic nitrogens is 4. The minimum absolute atomic E-state index is 0.0233. The molecular weight excluding hydrogens is 287 g/mol. The first-order valence-corrected chi connectivity index (χ1v) is 5.75. The molecule has 0 fully saturated rings. The fraction of sp³-hybridized carbons (Fsp3) is 0.0833. The van der Waals surface area contributed by atoms with Crippen molar-refractivity contribution in [3.63, 3.8) is 0 Å². The number of hydrogen-bond acceptors (Lipinski definition) is 5. The van der Waals surface area contributed by atoms with Gasteiger partial charge in [0, 0.05) is 18.1 Å². The van der Waals surface area contributed by atoms with E-state index in [0.29, 0.717) is 5.82 Å². The van der Waals surface area contributed by atoms with Crippen molar-refractivity contribution in [2.75, 3.05) is 5.73 Å². The van der Waals surface area contributed by atoms with Crippen molar-refractivity contribution < 1.29 is 17.7 Å². The highest BCUT2D eigenvalue weighted by Crippen LogP contribution is 2.34. The number of anilines is 1. The van der Waals surface area contributed by atoms with Crippen molar-refractivity contribution in [2.45, 2.75) is 6.18 Å². The van der Waals surface area contributed by atoms with E-state index < -0.39 is 11.7 Å². The van der Waals surface area contributed by atoms with Gasteiger partial charge in [-0.1, -0.05) is 5.16 Å². The molecule has 21 heavy (non-hydrogen) atoms. The van der Waals surface area contributed by atoms with Gasteiger partial charge in [0.2, 0.25) is 5.82 Å². The van der Waals surface area contributed by atoms with E-state index in [1.54, 1.807) is 6.20 Å². The van der Waals surface area contributed by atoms with Gasteiger partial charge in [-0.2, -0.15) is 18.2 Å². The Labute approximate surface area is 115 Å². The van der Waals surface area contributed by atoms with Gasteiger partial charge in [-0.25, -0.2) is 4.98 Å². The summed E-state index contributed by atoms with van der Waals surface area (Å²) in [5.41, 5.74) is 4.96. The van der Waals surface area contributed by atoms with Crippen LogP contribution in [0.3, 0.4) is 0 Å². The van der Waals surface area contributed by atoms with Gasteiger partial charge in [-0.15, -0.1) is 0 Å². The SMILES string of the molecule is Nc1ccc(C(F)(F)F)cc1-c1nc(-c2ncc[nH]2)no1. The van der Waals surface area contributed by atoms with E-state index in [-0.39, 0.29) is 23.0 Å². The molecule has 1 aromatic carbocycles. The van der Waals surface area contributed by atoms with Crippen LogP contribution in [0.4, 0.5) is 18.9 Å². The first kappa shape index (κ1) is 13.2. The number of aromatic amines is 1. The molecule has 0 bridgehead atoms. The summed E-state index contributed by atoms with van der Waals surface area (Å²) in [6.07, 6.45) is -1.43. The Morgan fingerprint density at radius 2 is 2.05 bits per heavy atom. The molecule has 0 aliphatic heterocycles. The molecule has 2 aromatic heterocycles. The Morgan fingerprint density at radius 1 is 1.24 bits per heavy atom. The molecule has 0 atom stereocenters. The smallest absolute Gasteiger partial charge is 0.398 e. The van der Waals surface area contributed by atoms with Crippen molar-refractivity contribution in [1.82, 2.24) is 20.1 Å². The van der Waals surface area contributed by atoms with Crippen LogP contribution in [0.2, 0.25) is 0 Å². The molecule has 108 valence electrons. The zero-order valence-corrected chi connectivity index (χ0v) is 10.3. The summed E-state index contributed by atoms with van der Waals surface area (Å²) in [6.45, 7) is 0. The first-order chi connectivity index (χ1) is 9.95. The summed E-state index contributed by atoms with van der Waals surface area (Å²) < 4.78 is 43.1. The van der Waals surface area contributed by atoms with Crippen molar-refractivity contribution in [3.05, 3.63) is 36.2 Å². The van der Waals surface area contributed by atoms with Crippen molar-refractivity contribution in [2.24, 2.45) is 0 Å². The minimum Gasteiger partial charge on any atom is -0.398 e. The standard InChI is InChI=1S/C12H8F3N5O/c13-12(14,15)6-1-2-8(16)7(5-6)11-19-10(20-21-11)9-17-3-4-18-9/h1-5H,16H2,(H,17,18). The number of alkyl halides is 3. The van der Waals surface area contributed by atoms with Crippen LogP contribution in [-0.2, 0) is 6.18 Å². The normalized spacial score (nSPS) is 11.8. The van der Waals surface area contributed by atoms with Gasteiger partial charge in [0.15, 0.2) is 5.82 Å². The molecule has 0 amide bonds. The van der Waals surface area contributed by atoms with Crippen LogP contribution in [0.25, 0.3) is 23.1 Å².